The Kier molecular flexibility index (Phi) is 5.23. The Balaban J connectivity index is 1.47. The lowest BCUT2D eigenvalue weighted by atomic mass is 10.2. The molecule has 0 saturated heterocycles. The molecule has 0 unspecified atom stereocenters. The minimum Gasteiger partial charge on any atom is -0.298 e. The van der Waals surface area contributed by atoms with Gasteiger partial charge in [-0.1, -0.05) is 29.0 Å². The van der Waals surface area contributed by atoms with E-state index in [1.165, 1.54) is 59.9 Å². The van der Waals surface area contributed by atoms with Crippen molar-refractivity contribution in [2.24, 2.45) is 0 Å². The zero-order chi connectivity index (χ0) is 21.3. The molecule has 0 bridgehead atoms. The number of benzene rings is 3. The molecule has 0 saturated carbocycles. The van der Waals surface area contributed by atoms with Gasteiger partial charge in [-0.2, -0.15) is 0 Å². The van der Waals surface area contributed by atoms with E-state index in [0.29, 0.717) is 26.6 Å². The van der Waals surface area contributed by atoms with Crippen LogP contribution in [0.25, 0.3) is 10.2 Å². The number of halogens is 1. The van der Waals surface area contributed by atoms with Crippen LogP contribution in [-0.2, 0) is 10.0 Å². The molecule has 3 aromatic carbocycles. The van der Waals surface area contributed by atoms with Crippen LogP contribution in [0.2, 0.25) is 0 Å². The fraction of sp³-hybridized carbons (Fsp3) is 0.0476. The van der Waals surface area contributed by atoms with E-state index in [0.717, 1.165) is 5.56 Å². The second kappa shape index (κ2) is 7.85. The Hall–Kier alpha value is -3.30. The molecule has 1 heterocycles. The van der Waals surface area contributed by atoms with Crippen LogP contribution in [0.1, 0.15) is 15.9 Å². The van der Waals surface area contributed by atoms with E-state index in [2.05, 4.69) is 15.0 Å². The molecule has 0 aliphatic rings. The maximum Gasteiger partial charge on any atom is 0.261 e. The summed E-state index contributed by atoms with van der Waals surface area (Å²) in [6.45, 7) is 1.88. The predicted octanol–water partition coefficient (Wildman–Crippen LogP) is 4.80. The summed E-state index contributed by atoms with van der Waals surface area (Å²) in [5.74, 6) is -0.768. The van der Waals surface area contributed by atoms with Gasteiger partial charge in [0, 0.05) is 11.3 Å². The third-order valence-electron chi connectivity index (χ3n) is 4.30. The van der Waals surface area contributed by atoms with Crippen LogP contribution >= 0.6 is 11.3 Å². The SMILES string of the molecule is Cc1ccc(S(=O)(=O)Nc2ccc(C(=O)Nc3nc4ccc(F)cc4s3)cc2)cc1. The lowest BCUT2D eigenvalue weighted by molar-refractivity contribution is 0.102. The Morgan fingerprint density at radius 2 is 1.70 bits per heavy atom. The smallest absolute Gasteiger partial charge is 0.261 e. The summed E-state index contributed by atoms with van der Waals surface area (Å²) in [6.07, 6.45) is 0. The number of thiazole rings is 1. The Morgan fingerprint density at radius 3 is 2.40 bits per heavy atom. The summed E-state index contributed by atoms with van der Waals surface area (Å²) >= 11 is 1.17. The van der Waals surface area contributed by atoms with Crippen molar-refractivity contribution in [1.29, 1.82) is 0 Å². The van der Waals surface area contributed by atoms with Crippen molar-refractivity contribution in [3.05, 3.63) is 83.7 Å². The molecule has 1 amide bonds. The van der Waals surface area contributed by atoms with Gasteiger partial charge in [0.05, 0.1) is 15.1 Å². The maximum atomic E-state index is 13.3. The molecule has 6 nitrogen and oxygen atoms in total. The minimum atomic E-state index is -3.72. The highest BCUT2D eigenvalue weighted by Crippen LogP contribution is 2.27. The van der Waals surface area contributed by atoms with E-state index < -0.39 is 15.9 Å². The second-order valence-electron chi connectivity index (χ2n) is 6.58. The number of rotatable bonds is 5. The molecule has 9 heteroatoms. The first-order chi connectivity index (χ1) is 14.3. The van der Waals surface area contributed by atoms with E-state index in [1.807, 2.05) is 6.92 Å². The molecule has 0 aliphatic heterocycles. The number of nitrogens with zero attached hydrogens (tertiary/aromatic N) is 1. The summed E-state index contributed by atoms with van der Waals surface area (Å²) in [5.41, 5.74) is 2.22. The number of anilines is 2. The average Bonchev–Trinajstić information content (AvgIpc) is 3.09. The van der Waals surface area contributed by atoms with Gasteiger partial charge < -0.3 is 0 Å². The molecule has 0 atom stereocenters. The third kappa shape index (κ3) is 4.32. The van der Waals surface area contributed by atoms with Gasteiger partial charge in [-0.25, -0.2) is 17.8 Å². The predicted molar refractivity (Wildman–Crippen MR) is 116 cm³/mol. The summed E-state index contributed by atoms with van der Waals surface area (Å²) in [5, 5.41) is 3.02. The normalized spacial score (nSPS) is 11.4. The molecule has 0 fully saturated rings. The fourth-order valence-electron chi connectivity index (χ4n) is 2.74. The largest absolute Gasteiger partial charge is 0.298 e. The summed E-state index contributed by atoms with van der Waals surface area (Å²) in [6, 6.07) is 16.8. The lowest BCUT2D eigenvalue weighted by Gasteiger charge is -2.09. The number of fused-ring (bicyclic) bond motifs is 1. The number of carbonyl (C=O) groups is 1. The number of carbonyl (C=O) groups excluding carboxylic acids is 1. The van der Waals surface area contributed by atoms with Crippen molar-refractivity contribution in [1.82, 2.24) is 4.98 Å². The van der Waals surface area contributed by atoms with Gasteiger partial charge in [-0.3, -0.25) is 14.8 Å². The topological polar surface area (TPSA) is 88.2 Å². The van der Waals surface area contributed by atoms with E-state index in [9.17, 15) is 17.6 Å². The molecule has 0 spiro atoms. The molecule has 1 aromatic heterocycles. The lowest BCUT2D eigenvalue weighted by Crippen LogP contribution is -2.14. The molecule has 4 aromatic rings. The standard InChI is InChI=1S/C21H16FN3O3S2/c1-13-2-9-17(10-3-13)30(27,28)25-16-7-4-14(5-8-16)20(26)24-21-23-18-11-6-15(22)12-19(18)29-21/h2-12,25H,1H3,(H,23,24,26). The van der Waals surface area contributed by atoms with Crippen molar-refractivity contribution in [2.45, 2.75) is 11.8 Å². The minimum absolute atomic E-state index is 0.155. The summed E-state index contributed by atoms with van der Waals surface area (Å²) in [4.78, 5) is 16.9. The molecule has 30 heavy (non-hydrogen) atoms. The second-order valence-corrected chi connectivity index (χ2v) is 9.29. The zero-order valence-electron chi connectivity index (χ0n) is 15.7. The number of aromatic nitrogens is 1. The van der Waals surface area contributed by atoms with Crippen LogP contribution in [0.5, 0.6) is 0 Å². The molecular weight excluding hydrogens is 425 g/mol. The van der Waals surface area contributed by atoms with Crippen molar-refractivity contribution < 1.29 is 17.6 Å². The van der Waals surface area contributed by atoms with Gasteiger partial charge in [0.25, 0.3) is 15.9 Å². The number of amides is 1. The first-order valence-corrected chi connectivity index (χ1v) is 11.2. The molecule has 4 rings (SSSR count). The van der Waals surface area contributed by atoms with Crippen LogP contribution in [0, 0.1) is 12.7 Å². The Bertz CT molecular complexity index is 1330. The highest BCUT2D eigenvalue weighted by atomic mass is 32.2. The Labute approximate surface area is 176 Å². The van der Waals surface area contributed by atoms with Crippen LogP contribution in [0.3, 0.4) is 0 Å². The van der Waals surface area contributed by atoms with Crippen molar-refractivity contribution in [3.8, 4) is 0 Å². The summed E-state index contributed by atoms with van der Waals surface area (Å²) < 4.78 is 41.3. The van der Waals surface area contributed by atoms with E-state index in [1.54, 1.807) is 18.2 Å². The number of nitrogens with one attached hydrogen (secondary N) is 2. The molecule has 0 radical (unpaired) electrons. The van der Waals surface area contributed by atoms with Crippen LogP contribution in [-0.4, -0.2) is 19.3 Å². The highest BCUT2D eigenvalue weighted by molar-refractivity contribution is 7.92. The van der Waals surface area contributed by atoms with Crippen LogP contribution in [0.15, 0.2) is 71.6 Å². The quantitative estimate of drug-likeness (QED) is 0.466. The number of hydrogen-bond acceptors (Lipinski definition) is 5. The van der Waals surface area contributed by atoms with Gasteiger partial charge in [0.2, 0.25) is 0 Å². The maximum absolute atomic E-state index is 13.3. The van der Waals surface area contributed by atoms with E-state index >= 15 is 0 Å². The molecule has 152 valence electrons. The van der Waals surface area contributed by atoms with Gasteiger partial charge in [-0.15, -0.1) is 0 Å². The van der Waals surface area contributed by atoms with Gasteiger partial charge in [-0.05, 0) is 61.5 Å². The first kappa shape index (κ1) is 20.0. The van der Waals surface area contributed by atoms with Gasteiger partial charge in [0.1, 0.15) is 5.82 Å². The Morgan fingerprint density at radius 1 is 1.00 bits per heavy atom. The van der Waals surface area contributed by atoms with E-state index in [-0.39, 0.29) is 10.7 Å². The van der Waals surface area contributed by atoms with Crippen LogP contribution in [0.4, 0.5) is 15.2 Å². The number of sulfonamides is 1. The van der Waals surface area contributed by atoms with Crippen molar-refractivity contribution >= 4 is 48.3 Å². The number of hydrogen-bond donors (Lipinski definition) is 2. The first-order valence-electron chi connectivity index (χ1n) is 8.87. The monoisotopic (exact) mass is 441 g/mol. The number of aryl methyl sites for hydroxylation is 1. The third-order valence-corrected chi connectivity index (χ3v) is 6.63. The average molecular weight is 442 g/mol. The molecule has 0 aliphatic carbocycles. The van der Waals surface area contributed by atoms with Crippen molar-refractivity contribution in [2.75, 3.05) is 10.0 Å². The molecular formula is C21H16FN3O3S2. The molecule has 2 N–H and O–H groups in total. The zero-order valence-corrected chi connectivity index (χ0v) is 17.4. The van der Waals surface area contributed by atoms with Gasteiger partial charge >= 0.3 is 0 Å². The highest BCUT2D eigenvalue weighted by Gasteiger charge is 2.15. The van der Waals surface area contributed by atoms with Crippen LogP contribution < -0.4 is 10.0 Å². The van der Waals surface area contributed by atoms with Gasteiger partial charge in [0.15, 0.2) is 5.13 Å². The van der Waals surface area contributed by atoms with E-state index in [4.69, 9.17) is 0 Å². The summed E-state index contributed by atoms with van der Waals surface area (Å²) in [7, 11) is -3.72. The fourth-order valence-corrected chi connectivity index (χ4v) is 4.69. The van der Waals surface area contributed by atoms with Crippen molar-refractivity contribution in [3.63, 3.8) is 0 Å².